The number of primary amides is 1. The number of hydrogen-bond donors (Lipinski definition) is 2. The number of amides is 2. The molecular formula is C25H24N4O3S3. The Morgan fingerprint density at radius 2 is 1.94 bits per heavy atom. The maximum absolute atomic E-state index is 13.2. The number of benzene rings is 1. The third kappa shape index (κ3) is 4.65. The Bertz CT molecular complexity index is 1410. The monoisotopic (exact) mass is 524 g/mol. The number of carbonyl (C=O) groups excluding carboxylic acids is 2. The van der Waals surface area contributed by atoms with Crippen LogP contribution >= 0.6 is 34.4 Å². The lowest BCUT2D eigenvalue weighted by molar-refractivity contribution is -0.115. The molecule has 1 atom stereocenters. The van der Waals surface area contributed by atoms with E-state index in [0.29, 0.717) is 10.6 Å². The SMILES string of the molecule is COc1ccc(-c2csc3ncnc(SC(C)C(=O)Nc4sc5c(c4C(N)=O)CCCC5)c23)cc1. The maximum atomic E-state index is 13.2. The van der Waals surface area contributed by atoms with Crippen LogP contribution in [0.2, 0.25) is 0 Å². The smallest absolute Gasteiger partial charge is 0.251 e. The number of nitrogens with one attached hydrogen (secondary N) is 1. The fraction of sp³-hybridized carbons (Fsp3) is 0.280. The van der Waals surface area contributed by atoms with Gasteiger partial charge in [-0.1, -0.05) is 23.9 Å². The van der Waals surface area contributed by atoms with Gasteiger partial charge in [-0.15, -0.1) is 22.7 Å². The van der Waals surface area contributed by atoms with E-state index in [9.17, 15) is 9.59 Å². The highest BCUT2D eigenvalue weighted by Gasteiger charge is 2.27. The van der Waals surface area contributed by atoms with Gasteiger partial charge in [0, 0.05) is 15.8 Å². The molecule has 4 aromatic rings. The fourth-order valence-corrected chi connectivity index (χ4v) is 7.48. The minimum Gasteiger partial charge on any atom is -0.497 e. The van der Waals surface area contributed by atoms with Crippen molar-refractivity contribution in [1.82, 2.24) is 9.97 Å². The molecule has 0 saturated heterocycles. The molecule has 3 aromatic heterocycles. The van der Waals surface area contributed by atoms with Crippen LogP contribution in [0, 0.1) is 0 Å². The lowest BCUT2D eigenvalue weighted by Crippen LogP contribution is -2.24. The van der Waals surface area contributed by atoms with Crippen molar-refractivity contribution in [3.63, 3.8) is 0 Å². The first-order valence-corrected chi connectivity index (χ1v) is 13.8. The zero-order valence-corrected chi connectivity index (χ0v) is 21.7. The maximum Gasteiger partial charge on any atom is 0.251 e. The number of rotatable bonds is 7. The molecule has 5 rings (SSSR count). The van der Waals surface area contributed by atoms with Crippen molar-refractivity contribution < 1.29 is 14.3 Å². The molecule has 10 heteroatoms. The molecular weight excluding hydrogens is 501 g/mol. The first-order valence-electron chi connectivity index (χ1n) is 11.2. The van der Waals surface area contributed by atoms with Crippen LogP contribution in [0.25, 0.3) is 21.3 Å². The highest BCUT2D eigenvalue weighted by atomic mass is 32.2. The number of fused-ring (bicyclic) bond motifs is 2. The summed E-state index contributed by atoms with van der Waals surface area (Å²) in [5.41, 5.74) is 9.21. The number of anilines is 1. The number of carbonyl (C=O) groups is 2. The second kappa shape index (κ2) is 9.96. The fourth-order valence-electron chi connectivity index (χ4n) is 4.27. The van der Waals surface area contributed by atoms with E-state index in [4.69, 9.17) is 10.5 Å². The number of nitrogens with two attached hydrogens (primary N) is 1. The summed E-state index contributed by atoms with van der Waals surface area (Å²) in [6, 6.07) is 7.84. The number of thioether (sulfide) groups is 1. The van der Waals surface area contributed by atoms with Crippen LogP contribution in [0.1, 0.15) is 40.6 Å². The second-order valence-electron chi connectivity index (χ2n) is 8.27. The van der Waals surface area contributed by atoms with Crippen LogP contribution in [-0.2, 0) is 17.6 Å². The first kappa shape index (κ1) is 23.8. The van der Waals surface area contributed by atoms with E-state index < -0.39 is 11.2 Å². The average Bonchev–Trinajstić information content (AvgIpc) is 3.46. The molecule has 35 heavy (non-hydrogen) atoms. The molecule has 0 spiro atoms. The van der Waals surface area contributed by atoms with Crippen molar-refractivity contribution in [1.29, 1.82) is 0 Å². The van der Waals surface area contributed by atoms with Gasteiger partial charge in [-0.05, 0) is 55.9 Å². The molecule has 2 amide bonds. The number of aromatic nitrogens is 2. The van der Waals surface area contributed by atoms with Gasteiger partial charge in [0.2, 0.25) is 5.91 Å². The number of hydrogen-bond acceptors (Lipinski definition) is 8. The van der Waals surface area contributed by atoms with Crippen molar-refractivity contribution in [2.75, 3.05) is 12.4 Å². The van der Waals surface area contributed by atoms with E-state index in [1.807, 2.05) is 31.2 Å². The van der Waals surface area contributed by atoms with Gasteiger partial charge >= 0.3 is 0 Å². The van der Waals surface area contributed by atoms with Crippen LogP contribution < -0.4 is 15.8 Å². The van der Waals surface area contributed by atoms with Gasteiger partial charge < -0.3 is 15.8 Å². The van der Waals surface area contributed by atoms with Crippen LogP contribution in [0.15, 0.2) is 41.0 Å². The minimum atomic E-state index is -0.486. The normalized spacial score (nSPS) is 13.9. The van der Waals surface area contributed by atoms with E-state index in [1.165, 1.54) is 29.4 Å². The number of methoxy groups -OCH3 is 1. The summed E-state index contributed by atoms with van der Waals surface area (Å²) in [7, 11) is 1.64. The van der Waals surface area contributed by atoms with Gasteiger partial charge in [0.15, 0.2) is 0 Å². The largest absolute Gasteiger partial charge is 0.497 e. The quantitative estimate of drug-likeness (QED) is 0.243. The lowest BCUT2D eigenvalue weighted by atomic mass is 9.95. The van der Waals surface area contributed by atoms with Gasteiger partial charge in [-0.25, -0.2) is 9.97 Å². The summed E-state index contributed by atoms with van der Waals surface area (Å²) in [4.78, 5) is 36.3. The molecule has 7 nitrogen and oxygen atoms in total. The van der Waals surface area contributed by atoms with Crippen molar-refractivity contribution in [2.45, 2.75) is 42.9 Å². The average molecular weight is 525 g/mol. The van der Waals surface area contributed by atoms with Crippen molar-refractivity contribution in [3.05, 3.63) is 52.0 Å². The minimum absolute atomic E-state index is 0.191. The number of ether oxygens (including phenoxy) is 1. The van der Waals surface area contributed by atoms with E-state index in [1.54, 1.807) is 18.4 Å². The van der Waals surface area contributed by atoms with Crippen LogP contribution in [0.5, 0.6) is 5.75 Å². The molecule has 0 fully saturated rings. The molecule has 180 valence electrons. The summed E-state index contributed by atoms with van der Waals surface area (Å²) in [6.07, 6.45) is 5.40. The molecule has 3 N–H and O–H groups in total. The van der Waals surface area contributed by atoms with Crippen LogP contribution in [0.3, 0.4) is 0 Å². The number of thiophene rings is 2. The van der Waals surface area contributed by atoms with Gasteiger partial charge in [-0.3, -0.25) is 9.59 Å². The lowest BCUT2D eigenvalue weighted by Gasteiger charge is -2.13. The predicted molar refractivity (Wildman–Crippen MR) is 143 cm³/mol. The zero-order valence-electron chi connectivity index (χ0n) is 19.3. The Morgan fingerprint density at radius 1 is 1.17 bits per heavy atom. The summed E-state index contributed by atoms with van der Waals surface area (Å²) in [5.74, 6) is 0.110. The molecule has 0 saturated carbocycles. The topological polar surface area (TPSA) is 107 Å². The Hall–Kier alpha value is -2.95. The Labute approximate surface area is 215 Å². The predicted octanol–water partition coefficient (Wildman–Crippen LogP) is 5.53. The third-order valence-corrected chi connectivity index (χ3v) is 9.24. The molecule has 0 aliphatic heterocycles. The summed E-state index contributed by atoms with van der Waals surface area (Å²) in [6.45, 7) is 1.84. The molecule has 1 aromatic carbocycles. The number of nitrogens with zero attached hydrogens (tertiary/aromatic N) is 2. The molecule has 1 aliphatic rings. The van der Waals surface area contributed by atoms with E-state index in [0.717, 1.165) is 68.2 Å². The van der Waals surface area contributed by atoms with Crippen molar-refractivity contribution >= 4 is 61.5 Å². The summed E-state index contributed by atoms with van der Waals surface area (Å²) < 4.78 is 5.28. The van der Waals surface area contributed by atoms with Gasteiger partial charge in [0.1, 0.15) is 26.9 Å². The molecule has 1 aliphatic carbocycles. The third-order valence-electron chi connectivity index (χ3n) is 6.05. The highest BCUT2D eigenvalue weighted by Crippen LogP contribution is 2.41. The second-order valence-corrected chi connectivity index (χ2v) is 11.6. The molecule has 0 radical (unpaired) electrons. The van der Waals surface area contributed by atoms with E-state index in [2.05, 4.69) is 20.7 Å². The summed E-state index contributed by atoms with van der Waals surface area (Å²) >= 11 is 4.40. The Balaban J connectivity index is 1.41. The van der Waals surface area contributed by atoms with Crippen molar-refractivity contribution in [2.24, 2.45) is 5.73 Å². The molecule has 3 heterocycles. The summed E-state index contributed by atoms with van der Waals surface area (Å²) in [5, 5.41) is 6.81. The van der Waals surface area contributed by atoms with Gasteiger partial charge in [0.25, 0.3) is 5.91 Å². The molecule has 1 unspecified atom stereocenters. The van der Waals surface area contributed by atoms with Gasteiger partial charge in [-0.2, -0.15) is 0 Å². The van der Waals surface area contributed by atoms with Crippen LogP contribution in [0.4, 0.5) is 5.00 Å². The van der Waals surface area contributed by atoms with Gasteiger partial charge in [0.05, 0.1) is 23.3 Å². The van der Waals surface area contributed by atoms with Crippen molar-refractivity contribution in [3.8, 4) is 16.9 Å². The van der Waals surface area contributed by atoms with E-state index >= 15 is 0 Å². The van der Waals surface area contributed by atoms with Crippen LogP contribution in [-0.4, -0.2) is 34.1 Å². The highest BCUT2D eigenvalue weighted by molar-refractivity contribution is 8.00. The molecule has 0 bridgehead atoms. The Kier molecular flexibility index (Phi) is 6.77. The van der Waals surface area contributed by atoms with E-state index in [-0.39, 0.29) is 5.91 Å². The number of aryl methyl sites for hydroxylation is 1. The zero-order chi connectivity index (χ0) is 24.5. The first-order chi connectivity index (χ1) is 17.0. The Morgan fingerprint density at radius 3 is 2.69 bits per heavy atom. The standard InChI is InChI=1S/C25H24N4O3S3/c1-13(22(31)29-25-19(21(26)30)16-5-3-4-6-18(16)35-25)34-24-20-17(11-33-23(20)27-12-28-24)14-7-9-15(32-2)10-8-14/h7-13H,3-6H2,1-2H3,(H2,26,30)(H,29,31).